The Labute approximate surface area is 131 Å². The van der Waals surface area contributed by atoms with Gasteiger partial charge in [0.15, 0.2) is 0 Å². The van der Waals surface area contributed by atoms with Crippen molar-refractivity contribution in [3.05, 3.63) is 76.8 Å². The smallest absolute Gasteiger partial charge is 0.150 e. The standard InChI is InChI=1S/C16H15ClO2.C2H4/c1-11-3-4-12(2)16(7-11)19-10-14-8-15(17)6-5-13(14)9-18;1-2/h3-9H,10H2,1-2H3;1-2H2. The number of hydrogen-bond acceptors (Lipinski definition) is 2. The van der Waals surface area contributed by atoms with Crippen molar-refractivity contribution in [1.29, 1.82) is 0 Å². The second-order valence-corrected chi connectivity index (χ2v) is 4.96. The second kappa shape index (κ2) is 8.28. The van der Waals surface area contributed by atoms with E-state index in [1.807, 2.05) is 32.0 Å². The predicted octanol–water partition coefficient (Wildman–Crippen LogP) is 5.15. The van der Waals surface area contributed by atoms with Crippen LogP contribution in [0.1, 0.15) is 27.0 Å². The predicted molar refractivity (Wildman–Crippen MR) is 88.3 cm³/mol. The minimum atomic E-state index is 0.332. The number of benzene rings is 2. The van der Waals surface area contributed by atoms with Crippen LogP contribution in [0.3, 0.4) is 0 Å². The van der Waals surface area contributed by atoms with Crippen molar-refractivity contribution in [1.82, 2.24) is 0 Å². The average Bonchev–Trinajstić information content (AvgIpc) is 2.50. The molecule has 0 bridgehead atoms. The molecule has 2 rings (SSSR count). The van der Waals surface area contributed by atoms with Crippen LogP contribution in [0.25, 0.3) is 0 Å². The van der Waals surface area contributed by atoms with Crippen LogP contribution < -0.4 is 4.74 Å². The highest BCUT2D eigenvalue weighted by molar-refractivity contribution is 6.30. The lowest BCUT2D eigenvalue weighted by atomic mass is 10.1. The SMILES string of the molecule is C=C.Cc1ccc(C)c(OCc2cc(Cl)ccc2C=O)c1. The zero-order valence-corrected chi connectivity index (χ0v) is 13.1. The summed E-state index contributed by atoms with van der Waals surface area (Å²) in [6.45, 7) is 10.3. The molecule has 0 radical (unpaired) electrons. The van der Waals surface area contributed by atoms with Crippen LogP contribution in [-0.2, 0) is 6.61 Å². The summed E-state index contributed by atoms with van der Waals surface area (Å²) < 4.78 is 5.78. The van der Waals surface area contributed by atoms with Gasteiger partial charge >= 0.3 is 0 Å². The molecule has 0 N–H and O–H groups in total. The van der Waals surface area contributed by atoms with Crippen LogP contribution >= 0.6 is 11.6 Å². The van der Waals surface area contributed by atoms with Gasteiger partial charge in [0.05, 0.1) is 0 Å². The third-order valence-electron chi connectivity index (χ3n) is 2.96. The topological polar surface area (TPSA) is 26.3 Å². The fourth-order valence-electron chi connectivity index (χ4n) is 1.83. The average molecular weight is 303 g/mol. The summed E-state index contributed by atoms with van der Waals surface area (Å²) >= 11 is 5.94. The van der Waals surface area contributed by atoms with Gasteiger partial charge in [0.1, 0.15) is 18.6 Å². The first-order valence-corrected chi connectivity index (χ1v) is 6.91. The maximum Gasteiger partial charge on any atom is 0.150 e. The Bertz CT molecular complexity index is 621. The summed E-state index contributed by atoms with van der Waals surface area (Å²) in [5.74, 6) is 0.830. The monoisotopic (exact) mass is 302 g/mol. The minimum absolute atomic E-state index is 0.332. The molecule has 0 aliphatic heterocycles. The summed E-state index contributed by atoms with van der Waals surface area (Å²) in [5, 5.41) is 0.602. The fourth-order valence-corrected chi connectivity index (χ4v) is 2.03. The van der Waals surface area contributed by atoms with Crippen LogP contribution in [0.4, 0.5) is 0 Å². The van der Waals surface area contributed by atoms with E-state index in [0.717, 1.165) is 28.7 Å². The quantitative estimate of drug-likeness (QED) is 0.576. The summed E-state index contributed by atoms with van der Waals surface area (Å²) in [6.07, 6.45) is 0.818. The molecular weight excluding hydrogens is 284 g/mol. The maximum atomic E-state index is 11.0. The Morgan fingerprint density at radius 1 is 1.14 bits per heavy atom. The number of halogens is 1. The largest absolute Gasteiger partial charge is 0.489 e. The van der Waals surface area contributed by atoms with E-state index in [4.69, 9.17) is 16.3 Å². The van der Waals surface area contributed by atoms with E-state index in [9.17, 15) is 4.79 Å². The van der Waals surface area contributed by atoms with Gasteiger partial charge in [0.25, 0.3) is 0 Å². The molecule has 0 atom stereocenters. The molecule has 0 fully saturated rings. The van der Waals surface area contributed by atoms with Crippen LogP contribution in [0.5, 0.6) is 5.75 Å². The van der Waals surface area contributed by atoms with Crippen molar-refractivity contribution in [3.8, 4) is 5.75 Å². The first-order chi connectivity index (χ1) is 10.1. The van der Waals surface area contributed by atoms with Gasteiger partial charge in [-0.25, -0.2) is 0 Å². The van der Waals surface area contributed by atoms with E-state index in [0.29, 0.717) is 17.2 Å². The summed E-state index contributed by atoms with van der Waals surface area (Å²) in [6, 6.07) is 11.2. The lowest BCUT2D eigenvalue weighted by molar-refractivity contribution is 0.112. The highest BCUT2D eigenvalue weighted by Gasteiger charge is 2.05. The van der Waals surface area contributed by atoms with Crippen LogP contribution in [0.2, 0.25) is 5.02 Å². The summed E-state index contributed by atoms with van der Waals surface area (Å²) in [5.41, 5.74) is 3.61. The normalized spacial score (nSPS) is 9.48. The maximum absolute atomic E-state index is 11.0. The molecule has 0 aliphatic rings. The lowest BCUT2D eigenvalue weighted by Crippen LogP contribution is -2.01. The Kier molecular flexibility index (Phi) is 6.70. The Morgan fingerprint density at radius 2 is 1.86 bits per heavy atom. The van der Waals surface area contributed by atoms with E-state index in [2.05, 4.69) is 13.2 Å². The third-order valence-corrected chi connectivity index (χ3v) is 3.19. The van der Waals surface area contributed by atoms with Gasteiger partial charge in [-0.05, 0) is 49.2 Å². The van der Waals surface area contributed by atoms with Gasteiger partial charge in [-0.2, -0.15) is 0 Å². The van der Waals surface area contributed by atoms with Crippen LogP contribution in [0, 0.1) is 13.8 Å². The fraction of sp³-hybridized carbons (Fsp3) is 0.167. The highest BCUT2D eigenvalue weighted by atomic mass is 35.5. The van der Waals surface area contributed by atoms with Crippen molar-refractivity contribution in [3.63, 3.8) is 0 Å². The third kappa shape index (κ3) is 4.76. The second-order valence-electron chi connectivity index (χ2n) is 4.52. The van der Waals surface area contributed by atoms with Crippen molar-refractivity contribution < 1.29 is 9.53 Å². The van der Waals surface area contributed by atoms with Gasteiger partial charge in [-0.3, -0.25) is 4.79 Å². The molecular formula is C18H19ClO2. The molecule has 0 heterocycles. The Balaban J connectivity index is 0.00000106. The first kappa shape index (κ1) is 17.0. The number of rotatable bonds is 4. The molecule has 0 aliphatic carbocycles. The molecule has 0 unspecified atom stereocenters. The Morgan fingerprint density at radius 3 is 2.52 bits per heavy atom. The molecule has 0 saturated carbocycles. The minimum Gasteiger partial charge on any atom is -0.489 e. The van der Waals surface area contributed by atoms with Gasteiger partial charge in [0, 0.05) is 16.1 Å². The van der Waals surface area contributed by atoms with Gasteiger partial charge in [0.2, 0.25) is 0 Å². The molecule has 21 heavy (non-hydrogen) atoms. The van der Waals surface area contributed by atoms with E-state index >= 15 is 0 Å². The molecule has 2 aromatic carbocycles. The molecule has 3 heteroatoms. The number of aldehydes is 1. The van der Waals surface area contributed by atoms with Crippen molar-refractivity contribution in [2.24, 2.45) is 0 Å². The number of ether oxygens (including phenoxy) is 1. The van der Waals surface area contributed by atoms with Gasteiger partial charge in [-0.1, -0.05) is 23.7 Å². The van der Waals surface area contributed by atoms with Crippen LogP contribution in [-0.4, -0.2) is 6.29 Å². The summed E-state index contributed by atoms with van der Waals surface area (Å²) in [7, 11) is 0. The van der Waals surface area contributed by atoms with Crippen molar-refractivity contribution >= 4 is 17.9 Å². The van der Waals surface area contributed by atoms with Gasteiger partial charge in [-0.15, -0.1) is 13.2 Å². The van der Waals surface area contributed by atoms with E-state index < -0.39 is 0 Å². The molecule has 110 valence electrons. The number of carbonyl (C=O) groups excluding carboxylic acids is 1. The first-order valence-electron chi connectivity index (χ1n) is 6.54. The molecule has 0 spiro atoms. The highest BCUT2D eigenvalue weighted by Crippen LogP contribution is 2.22. The zero-order valence-electron chi connectivity index (χ0n) is 12.4. The van der Waals surface area contributed by atoms with E-state index in [1.54, 1.807) is 18.2 Å². The number of aryl methyl sites for hydroxylation is 2. The Hall–Kier alpha value is -2.06. The molecule has 2 nitrogen and oxygen atoms in total. The van der Waals surface area contributed by atoms with Gasteiger partial charge < -0.3 is 4.74 Å². The van der Waals surface area contributed by atoms with Crippen LogP contribution in [0.15, 0.2) is 49.6 Å². The summed E-state index contributed by atoms with van der Waals surface area (Å²) in [4.78, 5) is 11.0. The molecule has 0 amide bonds. The molecule has 2 aromatic rings. The van der Waals surface area contributed by atoms with Crippen molar-refractivity contribution in [2.45, 2.75) is 20.5 Å². The van der Waals surface area contributed by atoms with Crippen molar-refractivity contribution in [2.75, 3.05) is 0 Å². The molecule has 0 saturated heterocycles. The number of carbonyl (C=O) groups is 1. The lowest BCUT2D eigenvalue weighted by Gasteiger charge is -2.11. The van der Waals surface area contributed by atoms with E-state index in [1.165, 1.54) is 0 Å². The number of hydrogen-bond donors (Lipinski definition) is 0. The zero-order chi connectivity index (χ0) is 15.8. The van der Waals surface area contributed by atoms with E-state index in [-0.39, 0.29) is 0 Å². The molecule has 0 aromatic heterocycles.